The quantitative estimate of drug-likeness (QED) is 0.871. The maximum Gasteiger partial charge on any atom is 0.329 e. The molecule has 0 aliphatic heterocycles. The molecule has 1 aliphatic rings. The Hall–Kier alpha value is -1.43. The summed E-state index contributed by atoms with van der Waals surface area (Å²) in [5, 5.41) is 12.0. The van der Waals surface area contributed by atoms with E-state index < -0.39 is 23.2 Å². The van der Waals surface area contributed by atoms with Gasteiger partial charge in [0, 0.05) is 4.47 Å². The molecule has 0 unspecified atom stereocenters. The van der Waals surface area contributed by atoms with Crippen LogP contribution in [0.5, 0.6) is 0 Å². The van der Waals surface area contributed by atoms with Crippen molar-refractivity contribution in [2.45, 2.75) is 38.1 Å². The van der Waals surface area contributed by atoms with Gasteiger partial charge in [-0.25, -0.2) is 9.18 Å². The Labute approximate surface area is 130 Å². The van der Waals surface area contributed by atoms with Gasteiger partial charge in [-0.1, -0.05) is 22.9 Å². The van der Waals surface area contributed by atoms with Crippen molar-refractivity contribution in [3.8, 4) is 0 Å². The number of hydrogen-bond acceptors (Lipinski definition) is 2. The summed E-state index contributed by atoms with van der Waals surface area (Å²) in [6.07, 6.45) is 2.19. The first-order chi connectivity index (χ1) is 9.84. The lowest BCUT2D eigenvalue weighted by Crippen LogP contribution is -2.56. The number of hydrogen-bond donors (Lipinski definition) is 2. The number of carbonyl (C=O) groups is 2. The number of aliphatic carboxylic acids is 1. The first kappa shape index (κ1) is 15.9. The fraction of sp³-hybridized carbons (Fsp3) is 0.467. The SMILES string of the molecule is CC1CCC(NC(=O)c2cc(Br)ccc2F)(C(=O)O)CC1. The molecule has 0 heterocycles. The first-order valence-electron chi connectivity index (χ1n) is 6.85. The van der Waals surface area contributed by atoms with Crippen LogP contribution < -0.4 is 5.32 Å². The molecule has 2 rings (SSSR count). The van der Waals surface area contributed by atoms with Crippen LogP contribution in [0.1, 0.15) is 43.0 Å². The van der Waals surface area contributed by atoms with Gasteiger partial charge in [-0.2, -0.15) is 0 Å². The van der Waals surface area contributed by atoms with Crippen LogP contribution >= 0.6 is 15.9 Å². The van der Waals surface area contributed by atoms with E-state index >= 15 is 0 Å². The summed E-state index contributed by atoms with van der Waals surface area (Å²) in [7, 11) is 0. The molecule has 114 valence electrons. The van der Waals surface area contributed by atoms with Gasteiger partial charge in [0.1, 0.15) is 11.4 Å². The Kier molecular flexibility index (Phi) is 4.66. The molecular weight excluding hydrogens is 341 g/mol. The zero-order valence-electron chi connectivity index (χ0n) is 11.7. The summed E-state index contributed by atoms with van der Waals surface area (Å²) in [5.41, 5.74) is -1.44. The average molecular weight is 358 g/mol. The molecule has 21 heavy (non-hydrogen) atoms. The molecule has 1 fully saturated rings. The van der Waals surface area contributed by atoms with Crippen molar-refractivity contribution in [2.75, 3.05) is 0 Å². The zero-order valence-corrected chi connectivity index (χ0v) is 13.2. The third-order valence-electron chi connectivity index (χ3n) is 4.06. The van der Waals surface area contributed by atoms with Gasteiger partial charge < -0.3 is 10.4 Å². The highest BCUT2D eigenvalue weighted by molar-refractivity contribution is 9.10. The third-order valence-corrected chi connectivity index (χ3v) is 4.56. The van der Waals surface area contributed by atoms with E-state index in [2.05, 4.69) is 28.2 Å². The minimum atomic E-state index is -1.29. The molecule has 0 atom stereocenters. The van der Waals surface area contributed by atoms with Crippen LogP contribution in [0.3, 0.4) is 0 Å². The Balaban J connectivity index is 2.23. The van der Waals surface area contributed by atoms with Gasteiger partial charge in [0.2, 0.25) is 0 Å². The monoisotopic (exact) mass is 357 g/mol. The van der Waals surface area contributed by atoms with Gasteiger partial charge in [0.15, 0.2) is 0 Å². The van der Waals surface area contributed by atoms with E-state index in [0.29, 0.717) is 23.2 Å². The van der Waals surface area contributed by atoms with Crippen molar-refractivity contribution in [3.05, 3.63) is 34.1 Å². The van der Waals surface area contributed by atoms with Crippen molar-refractivity contribution < 1.29 is 19.1 Å². The summed E-state index contributed by atoms with van der Waals surface area (Å²) in [6, 6.07) is 4.02. The highest BCUT2D eigenvalue weighted by atomic mass is 79.9. The molecule has 0 radical (unpaired) electrons. The van der Waals surface area contributed by atoms with Crippen LogP contribution in [-0.2, 0) is 4.79 Å². The molecular formula is C15H17BrFNO3. The van der Waals surface area contributed by atoms with Crippen LogP contribution in [0.2, 0.25) is 0 Å². The standard InChI is InChI=1S/C15H17BrFNO3/c1-9-4-6-15(7-5-9,14(20)21)18-13(19)11-8-10(16)2-3-12(11)17/h2-3,8-9H,4-7H2,1H3,(H,18,19)(H,20,21). The molecule has 1 aromatic rings. The Morgan fingerprint density at radius 2 is 2.00 bits per heavy atom. The van der Waals surface area contributed by atoms with Gasteiger partial charge in [-0.3, -0.25) is 4.79 Å². The van der Waals surface area contributed by atoms with E-state index in [-0.39, 0.29) is 5.56 Å². The second-order valence-corrected chi connectivity index (χ2v) is 6.56. The summed E-state index contributed by atoms with van der Waals surface area (Å²) in [4.78, 5) is 23.8. The Bertz CT molecular complexity index is 568. The lowest BCUT2D eigenvalue weighted by atomic mass is 9.77. The summed E-state index contributed by atoms with van der Waals surface area (Å²) < 4.78 is 14.3. The van der Waals surface area contributed by atoms with E-state index in [9.17, 15) is 19.1 Å². The van der Waals surface area contributed by atoms with Crippen molar-refractivity contribution >= 4 is 27.8 Å². The number of carboxylic acids is 1. The number of nitrogens with one attached hydrogen (secondary N) is 1. The number of amides is 1. The summed E-state index contributed by atoms with van der Waals surface area (Å²) >= 11 is 3.18. The van der Waals surface area contributed by atoms with Gasteiger partial charge in [-0.15, -0.1) is 0 Å². The van der Waals surface area contributed by atoms with Gasteiger partial charge in [0.05, 0.1) is 5.56 Å². The first-order valence-corrected chi connectivity index (χ1v) is 7.64. The molecule has 1 saturated carbocycles. The fourth-order valence-corrected chi connectivity index (χ4v) is 2.96. The van der Waals surface area contributed by atoms with Crippen LogP contribution in [0, 0.1) is 11.7 Å². The smallest absolute Gasteiger partial charge is 0.329 e. The highest BCUT2D eigenvalue weighted by Crippen LogP contribution is 2.32. The molecule has 0 saturated heterocycles. The number of carboxylic acid groups (broad SMARTS) is 1. The number of carbonyl (C=O) groups excluding carboxylic acids is 1. The minimum absolute atomic E-state index is 0.149. The lowest BCUT2D eigenvalue weighted by Gasteiger charge is -2.36. The number of rotatable bonds is 3. The predicted molar refractivity (Wildman–Crippen MR) is 79.6 cm³/mol. The van der Waals surface area contributed by atoms with Crippen LogP contribution in [0.25, 0.3) is 0 Å². The largest absolute Gasteiger partial charge is 0.480 e. The van der Waals surface area contributed by atoms with Gasteiger partial charge >= 0.3 is 5.97 Å². The topological polar surface area (TPSA) is 66.4 Å². The van der Waals surface area contributed by atoms with E-state index in [1.807, 2.05) is 0 Å². The van der Waals surface area contributed by atoms with Gasteiger partial charge in [0.25, 0.3) is 5.91 Å². The molecule has 1 aromatic carbocycles. The Morgan fingerprint density at radius 3 is 2.57 bits per heavy atom. The van der Waals surface area contributed by atoms with Crippen molar-refractivity contribution in [3.63, 3.8) is 0 Å². The van der Waals surface area contributed by atoms with E-state index in [1.165, 1.54) is 18.2 Å². The van der Waals surface area contributed by atoms with Crippen LogP contribution in [-0.4, -0.2) is 22.5 Å². The fourth-order valence-electron chi connectivity index (χ4n) is 2.60. The molecule has 0 bridgehead atoms. The molecule has 1 aliphatic carbocycles. The maximum atomic E-state index is 13.7. The van der Waals surface area contributed by atoms with Crippen molar-refractivity contribution in [1.29, 1.82) is 0 Å². The molecule has 0 aromatic heterocycles. The second kappa shape index (κ2) is 6.13. The second-order valence-electron chi connectivity index (χ2n) is 5.65. The molecule has 4 nitrogen and oxygen atoms in total. The number of benzene rings is 1. The van der Waals surface area contributed by atoms with Crippen molar-refractivity contribution in [1.82, 2.24) is 5.32 Å². The molecule has 1 amide bonds. The Morgan fingerprint density at radius 1 is 1.38 bits per heavy atom. The summed E-state index contributed by atoms with van der Waals surface area (Å²) in [6.45, 7) is 2.06. The zero-order chi connectivity index (χ0) is 15.6. The minimum Gasteiger partial charge on any atom is -0.480 e. The average Bonchev–Trinajstić information content (AvgIpc) is 2.44. The highest BCUT2D eigenvalue weighted by Gasteiger charge is 2.42. The van der Waals surface area contributed by atoms with E-state index in [1.54, 1.807) is 0 Å². The van der Waals surface area contributed by atoms with Crippen molar-refractivity contribution in [2.24, 2.45) is 5.92 Å². The molecule has 6 heteroatoms. The van der Waals surface area contributed by atoms with Gasteiger partial charge in [-0.05, 0) is 49.8 Å². The predicted octanol–water partition coefficient (Wildman–Crippen LogP) is 3.35. The van der Waals surface area contributed by atoms with Crippen LogP contribution in [0.15, 0.2) is 22.7 Å². The maximum absolute atomic E-state index is 13.7. The van der Waals surface area contributed by atoms with E-state index in [4.69, 9.17) is 0 Å². The third kappa shape index (κ3) is 3.43. The number of halogens is 2. The van der Waals surface area contributed by atoms with Crippen LogP contribution in [0.4, 0.5) is 4.39 Å². The molecule has 2 N–H and O–H groups in total. The van der Waals surface area contributed by atoms with E-state index in [0.717, 1.165) is 12.8 Å². The normalized spacial score (nSPS) is 25.4. The summed E-state index contributed by atoms with van der Waals surface area (Å²) in [5.74, 6) is -1.97. The molecule has 0 spiro atoms. The lowest BCUT2D eigenvalue weighted by molar-refractivity contribution is -0.146.